The van der Waals surface area contributed by atoms with Crippen molar-refractivity contribution in [2.75, 3.05) is 10.7 Å². The first-order valence-electron chi connectivity index (χ1n) is 5.82. The second kappa shape index (κ2) is 5.49. The fourth-order valence-corrected chi connectivity index (χ4v) is 1.93. The first-order chi connectivity index (χ1) is 9.51. The highest BCUT2D eigenvalue weighted by Crippen LogP contribution is 2.30. The molecule has 1 heterocycles. The summed E-state index contributed by atoms with van der Waals surface area (Å²) in [5.41, 5.74) is 4.70. The van der Waals surface area contributed by atoms with E-state index in [1.807, 2.05) is 32.0 Å². The summed E-state index contributed by atoms with van der Waals surface area (Å²) < 4.78 is 0. The zero-order chi connectivity index (χ0) is 14.7. The first-order valence-corrected chi connectivity index (χ1v) is 5.82. The van der Waals surface area contributed by atoms with Gasteiger partial charge in [0, 0.05) is 5.69 Å². The maximum Gasteiger partial charge on any atom is 0.354 e. The molecule has 0 aliphatic rings. The predicted octanol–water partition coefficient (Wildman–Crippen LogP) is 2.03. The quantitative estimate of drug-likeness (QED) is 0.443. The van der Waals surface area contributed by atoms with Gasteiger partial charge in [0.15, 0.2) is 0 Å². The van der Waals surface area contributed by atoms with Crippen LogP contribution in [-0.2, 0) is 0 Å². The average Bonchev–Trinajstić information content (AvgIpc) is 2.36. The van der Waals surface area contributed by atoms with Crippen LogP contribution in [0.25, 0.3) is 0 Å². The number of aryl methyl sites for hydroxylation is 2. The summed E-state index contributed by atoms with van der Waals surface area (Å²) in [5, 5.41) is 14.0. The lowest BCUT2D eigenvalue weighted by atomic mass is 10.1. The maximum atomic E-state index is 11.1. The van der Waals surface area contributed by atoms with Gasteiger partial charge in [-0.3, -0.25) is 10.1 Å². The molecule has 8 nitrogen and oxygen atoms in total. The van der Waals surface area contributed by atoms with Gasteiger partial charge in [-0.15, -0.1) is 0 Å². The number of hydrogen-bond donors (Lipinski definition) is 3. The molecule has 4 N–H and O–H groups in total. The number of nitrogens with two attached hydrogens (primary N) is 1. The Morgan fingerprint density at radius 2 is 1.75 bits per heavy atom. The van der Waals surface area contributed by atoms with Gasteiger partial charge in [-0.2, -0.15) is 0 Å². The van der Waals surface area contributed by atoms with Crippen LogP contribution in [-0.4, -0.2) is 14.9 Å². The Kier molecular flexibility index (Phi) is 3.76. The van der Waals surface area contributed by atoms with E-state index < -0.39 is 4.92 Å². The molecule has 2 aromatic rings. The fraction of sp³-hybridized carbons (Fsp3) is 0.167. The third-order valence-electron chi connectivity index (χ3n) is 2.63. The normalized spacial score (nSPS) is 10.2. The molecule has 0 radical (unpaired) electrons. The van der Waals surface area contributed by atoms with Crippen LogP contribution in [0, 0.1) is 24.0 Å². The Hall–Kier alpha value is -2.74. The highest BCUT2D eigenvalue weighted by Gasteiger charge is 2.22. The number of rotatable bonds is 4. The molecule has 2 rings (SSSR count). The molecular formula is C12H14N6O2. The van der Waals surface area contributed by atoms with E-state index in [1.165, 1.54) is 6.33 Å². The Morgan fingerprint density at radius 1 is 1.15 bits per heavy atom. The molecule has 0 aliphatic heterocycles. The van der Waals surface area contributed by atoms with Gasteiger partial charge in [-0.05, 0) is 37.1 Å². The Labute approximate surface area is 115 Å². The van der Waals surface area contributed by atoms with E-state index >= 15 is 0 Å². The van der Waals surface area contributed by atoms with E-state index in [4.69, 9.17) is 5.84 Å². The van der Waals surface area contributed by atoms with E-state index in [2.05, 4.69) is 20.7 Å². The minimum atomic E-state index is -0.583. The van der Waals surface area contributed by atoms with Gasteiger partial charge in [0.25, 0.3) is 0 Å². The zero-order valence-corrected chi connectivity index (χ0v) is 11.0. The molecule has 1 aromatic carbocycles. The second-order valence-corrected chi connectivity index (χ2v) is 4.32. The Bertz CT molecular complexity index is 638. The standard InChI is InChI=1S/C12H14N6O2/c1-7-3-8(2)5-9(4-7)16-11-10(18(19)20)12(17-13)15-6-14-11/h3-6H,13H2,1-2H3,(H2,14,15,16,17). The topological polar surface area (TPSA) is 119 Å². The molecular weight excluding hydrogens is 260 g/mol. The fourth-order valence-electron chi connectivity index (χ4n) is 1.93. The van der Waals surface area contributed by atoms with Crippen LogP contribution in [0.2, 0.25) is 0 Å². The van der Waals surface area contributed by atoms with Crippen LogP contribution in [0.4, 0.5) is 23.0 Å². The molecule has 20 heavy (non-hydrogen) atoms. The van der Waals surface area contributed by atoms with E-state index in [9.17, 15) is 10.1 Å². The highest BCUT2D eigenvalue weighted by molar-refractivity contribution is 5.73. The number of nitrogen functional groups attached to an aromatic ring is 1. The summed E-state index contributed by atoms with van der Waals surface area (Å²) in [7, 11) is 0. The van der Waals surface area contributed by atoms with E-state index in [0.29, 0.717) is 5.69 Å². The van der Waals surface area contributed by atoms with Crippen molar-refractivity contribution in [1.82, 2.24) is 9.97 Å². The average molecular weight is 274 g/mol. The predicted molar refractivity (Wildman–Crippen MR) is 75.7 cm³/mol. The smallest absolute Gasteiger partial charge is 0.334 e. The summed E-state index contributed by atoms with van der Waals surface area (Å²) in [5.74, 6) is 5.27. The van der Waals surface area contributed by atoms with Crippen molar-refractivity contribution in [3.05, 3.63) is 45.8 Å². The van der Waals surface area contributed by atoms with Crippen molar-refractivity contribution in [2.24, 2.45) is 5.84 Å². The van der Waals surface area contributed by atoms with Crippen LogP contribution in [0.3, 0.4) is 0 Å². The molecule has 8 heteroatoms. The third kappa shape index (κ3) is 2.81. The molecule has 0 spiro atoms. The molecule has 0 atom stereocenters. The molecule has 0 saturated heterocycles. The van der Waals surface area contributed by atoms with Crippen molar-refractivity contribution in [2.45, 2.75) is 13.8 Å². The molecule has 1 aromatic heterocycles. The molecule has 0 unspecified atom stereocenters. The number of hydrogen-bond acceptors (Lipinski definition) is 7. The monoisotopic (exact) mass is 274 g/mol. The van der Waals surface area contributed by atoms with E-state index in [1.54, 1.807) is 0 Å². The number of nitro groups is 1. The van der Waals surface area contributed by atoms with E-state index in [-0.39, 0.29) is 17.3 Å². The van der Waals surface area contributed by atoms with Gasteiger partial charge < -0.3 is 10.7 Å². The van der Waals surface area contributed by atoms with Gasteiger partial charge >= 0.3 is 5.69 Å². The van der Waals surface area contributed by atoms with Crippen molar-refractivity contribution in [3.63, 3.8) is 0 Å². The molecule has 0 fully saturated rings. The lowest BCUT2D eigenvalue weighted by Crippen LogP contribution is -2.12. The summed E-state index contributed by atoms with van der Waals surface area (Å²) in [6.07, 6.45) is 1.20. The molecule has 0 aliphatic carbocycles. The number of benzene rings is 1. The van der Waals surface area contributed by atoms with Gasteiger partial charge in [0.2, 0.25) is 11.6 Å². The molecule has 0 saturated carbocycles. The van der Waals surface area contributed by atoms with Crippen LogP contribution in [0.15, 0.2) is 24.5 Å². The SMILES string of the molecule is Cc1cc(C)cc(Nc2ncnc(NN)c2[N+](=O)[O-])c1. The number of nitrogens with zero attached hydrogens (tertiary/aromatic N) is 3. The van der Waals surface area contributed by atoms with E-state index in [0.717, 1.165) is 11.1 Å². The van der Waals surface area contributed by atoms with Crippen LogP contribution in [0.1, 0.15) is 11.1 Å². The van der Waals surface area contributed by atoms with Crippen molar-refractivity contribution >= 4 is 23.0 Å². The first kappa shape index (κ1) is 13.7. The maximum absolute atomic E-state index is 11.1. The summed E-state index contributed by atoms with van der Waals surface area (Å²) in [4.78, 5) is 18.2. The van der Waals surface area contributed by atoms with Gasteiger partial charge in [-0.25, -0.2) is 15.8 Å². The molecule has 104 valence electrons. The number of nitrogens with one attached hydrogen (secondary N) is 2. The van der Waals surface area contributed by atoms with Crippen LogP contribution >= 0.6 is 0 Å². The highest BCUT2D eigenvalue weighted by atomic mass is 16.6. The van der Waals surface area contributed by atoms with Gasteiger partial charge in [-0.1, -0.05) is 6.07 Å². The van der Waals surface area contributed by atoms with Crippen molar-refractivity contribution < 1.29 is 4.92 Å². The largest absolute Gasteiger partial charge is 0.354 e. The lowest BCUT2D eigenvalue weighted by molar-refractivity contribution is -0.383. The Balaban J connectivity index is 2.45. The van der Waals surface area contributed by atoms with Crippen LogP contribution in [0.5, 0.6) is 0 Å². The molecule has 0 amide bonds. The zero-order valence-electron chi connectivity index (χ0n) is 11.0. The van der Waals surface area contributed by atoms with Gasteiger partial charge in [0.1, 0.15) is 6.33 Å². The number of anilines is 3. The number of aromatic nitrogens is 2. The second-order valence-electron chi connectivity index (χ2n) is 4.32. The minimum absolute atomic E-state index is 0.0446. The summed E-state index contributed by atoms with van der Waals surface area (Å²) in [6, 6.07) is 5.75. The Morgan fingerprint density at radius 3 is 2.30 bits per heavy atom. The van der Waals surface area contributed by atoms with Crippen molar-refractivity contribution in [1.29, 1.82) is 0 Å². The molecule has 0 bridgehead atoms. The third-order valence-corrected chi connectivity index (χ3v) is 2.63. The summed E-state index contributed by atoms with van der Waals surface area (Å²) >= 11 is 0. The van der Waals surface area contributed by atoms with Gasteiger partial charge in [0.05, 0.1) is 4.92 Å². The van der Waals surface area contributed by atoms with Crippen LogP contribution < -0.4 is 16.6 Å². The summed E-state index contributed by atoms with van der Waals surface area (Å²) in [6.45, 7) is 3.89. The minimum Gasteiger partial charge on any atom is -0.334 e. The van der Waals surface area contributed by atoms with Crippen molar-refractivity contribution in [3.8, 4) is 0 Å². The number of hydrazine groups is 1. The lowest BCUT2D eigenvalue weighted by Gasteiger charge is -2.09.